The molecule has 0 aliphatic heterocycles. The zero-order chi connectivity index (χ0) is 50.6. The van der Waals surface area contributed by atoms with Gasteiger partial charge in [0.1, 0.15) is 5.56 Å². The first-order valence-corrected chi connectivity index (χ1v) is 20.6. The third-order valence-electron chi connectivity index (χ3n) is 10.4. The number of ether oxygens (including phenoxy) is 7. The summed E-state index contributed by atoms with van der Waals surface area (Å²) in [7, 11) is 8.92. The molecule has 21 nitrogen and oxygen atoms in total. The van der Waals surface area contributed by atoms with Crippen LogP contribution in [0.1, 0.15) is 62.1 Å². The predicted molar refractivity (Wildman–Crippen MR) is 256 cm³/mol. The van der Waals surface area contributed by atoms with E-state index in [4.69, 9.17) is 33.2 Å². The van der Waals surface area contributed by atoms with E-state index in [1.54, 1.807) is 0 Å². The van der Waals surface area contributed by atoms with Gasteiger partial charge >= 0.3 is 11.7 Å². The van der Waals surface area contributed by atoms with E-state index < -0.39 is 46.1 Å². The monoisotopic (exact) mass is 956 g/mol. The molecule has 0 atom stereocenters. The maximum atomic E-state index is 14.0. The van der Waals surface area contributed by atoms with Gasteiger partial charge in [-0.3, -0.25) is 34.1 Å². The van der Waals surface area contributed by atoms with Gasteiger partial charge in [0.2, 0.25) is 5.75 Å². The lowest BCUT2D eigenvalue weighted by atomic mass is 10.1. The number of nitrogens with zero attached hydrogens (tertiary/aromatic N) is 1. The van der Waals surface area contributed by atoms with Crippen LogP contribution in [0.4, 0.5) is 34.1 Å². The molecule has 0 aliphatic carbocycles. The lowest BCUT2D eigenvalue weighted by Crippen LogP contribution is -2.19. The van der Waals surface area contributed by atoms with Crippen LogP contribution in [-0.2, 0) is 4.74 Å². The number of nitro groups is 1. The van der Waals surface area contributed by atoms with E-state index in [1.807, 2.05) is 0 Å². The fraction of sp³-hybridized carbons (Fsp3) is 0.143. The highest BCUT2D eigenvalue weighted by atomic mass is 16.6. The van der Waals surface area contributed by atoms with Crippen molar-refractivity contribution in [1.29, 1.82) is 0 Å². The molecule has 0 spiro atoms. The molecule has 0 unspecified atom stereocenters. The normalized spacial score (nSPS) is 10.4. The van der Waals surface area contributed by atoms with Crippen LogP contribution >= 0.6 is 0 Å². The summed E-state index contributed by atoms with van der Waals surface area (Å²) in [6.07, 6.45) is 0. The summed E-state index contributed by atoms with van der Waals surface area (Å²) in [6, 6.07) is 26.1. The highest BCUT2D eigenvalue weighted by molar-refractivity contribution is 6.15. The number of rotatable bonds is 18. The van der Waals surface area contributed by atoms with Crippen molar-refractivity contribution in [2.75, 3.05) is 76.4 Å². The van der Waals surface area contributed by atoms with Crippen molar-refractivity contribution in [3.8, 4) is 34.5 Å². The first-order chi connectivity index (χ1) is 33.7. The lowest BCUT2D eigenvalue weighted by molar-refractivity contribution is -0.385. The van der Waals surface area contributed by atoms with Gasteiger partial charge < -0.3 is 59.7 Å². The second-order valence-electron chi connectivity index (χ2n) is 14.3. The van der Waals surface area contributed by atoms with E-state index in [-0.39, 0.29) is 96.3 Å². The third kappa shape index (κ3) is 10.3. The number of benzene rings is 6. The van der Waals surface area contributed by atoms with Crippen molar-refractivity contribution in [2.24, 2.45) is 0 Å². The van der Waals surface area contributed by atoms with E-state index >= 15 is 0 Å². The van der Waals surface area contributed by atoms with Gasteiger partial charge in [-0.2, -0.15) is 0 Å². The Morgan fingerprint density at radius 2 is 0.586 bits per heavy atom. The topological polar surface area (TPSA) is 270 Å². The van der Waals surface area contributed by atoms with Crippen molar-refractivity contribution in [2.45, 2.75) is 0 Å². The molecular formula is C49H44N6O15. The quantitative estimate of drug-likeness (QED) is 0.0314. The molecule has 6 rings (SSSR count). The fourth-order valence-corrected chi connectivity index (χ4v) is 7.27. The molecule has 6 aromatic rings. The molecule has 0 aliphatic rings. The fourth-order valence-electron chi connectivity index (χ4n) is 7.27. The Hall–Kier alpha value is -9.66. The average Bonchev–Trinajstić information content (AvgIpc) is 3.37. The Morgan fingerprint density at radius 1 is 0.357 bits per heavy atom. The molecule has 0 saturated heterocycles. The SMILES string of the molecule is COC(=O)c1cccc(NC(=O)c2cccc(NC(=O)c3cccc(NC(=O)c4cccc(NC(=O)c5cccc(NC(=O)c6cccc([N+](=O)[O-])c6OC)c5OC)c4OC)c3OC)c2OC)c1OC. The molecule has 70 heavy (non-hydrogen) atoms. The van der Waals surface area contributed by atoms with E-state index in [0.717, 1.165) is 0 Å². The Morgan fingerprint density at radius 3 is 0.829 bits per heavy atom. The predicted octanol–water partition coefficient (Wildman–Crippen LogP) is 7.69. The second-order valence-corrected chi connectivity index (χ2v) is 14.3. The number of para-hydroxylation sites is 6. The zero-order valence-electron chi connectivity index (χ0n) is 38.5. The molecule has 0 heterocycles. The number of carbonyl (C=O) groups is 6. The number of methoxy groups -OCH3 is 7. The summed E-state index contributed by atoms with van der Waals surface area (Å²) in [5.74, 6) is -4.62. The number of carbonyl (C=O) groups excluding carboxylic acids is 6. The Bertz CT molecular complexity index is 3050. The third-order valence-corrected chi connectivity index (χ3v) is 10.4. The first-order valence-electron chi connectivity index (χ1n) is 20.6. The van der Waals surface area contributed by atoms with Gasteiger partial charge in [-0.1, -0.05) is 36.4 Å². The molecule has 0 bridgehead atoms. The molecule has 360 valence electrons. The standard InChI is InChI=1S/C49H44N6O15/c1-64-38-27(45(57)52-34-22-10-17-29(40(34)66-3)47(59)54-36-24-12-19-31(42(36)68-5)49(61)70-7)15-8-20-32(38)50-44(56)26-14-9-21-33(39(26)65-2)51-46(58)28-16-11-23-35(41(28)67-4)53-48(60)30-18-13-25-37(55(62)63)43(30)69-6/h8-25H,1-7H3,(H,50,56)(H,51,58)(H,52,57)(H,53,60)(H,54,59). The number of nitrogens with one attached hydrogen (secondary N) is 5. The maximum absolute atomic E-state index is 14.0. The van der Waals surface area contributed by atoms with Crippen molar-refractivity contribution in [1.82, 2.24) is 0 Å². The average molecular weight is 957 g/mol. The summed E-state index contributed by atoms with van der Waals surface area (Å²) >= 11 is 0. The van der Waals surface area contributed by atoms with Gasteiger partial charge in [0.15, 0.2) is 28.7 Å². The first kappa shape index (κ1) is 49.8. The van der Waals surface area contributed by atoms with Gasteiger partial charge in [-0.25, -0.2) is 4.79 Å². The Balaban J connectivity index is 1.21. The van der Waals surface area contributed by atoms with Crippen molar-refractivity contribution < 1.29 is 66.8 Å². The van der Waals surface area contributed by atoms with Crippen LogP contribution in [0.3, 0.4) is 0 Å². The minimum absolute atomic E-state index is 0.00369. The summed E-state index contributed by atoms with van der Waals surface area (Å²) in [4.78, 5) is 91.9. The number of anilines is 5. The molecule has 5 amide bonds. The molecule has 5 N–H and O–H groups in total. The van der Waals surface area contributed by atoms with Gasteiger partial charge in [0.05, 0.1) is 111 Å². The van der Waals surface area contributed by atoms with Crippen LogP contribution in [0.5, 0.6) is 34.5 Å². The van der Waals surface area contributed by atoms with E-state index in [9.17, 15) is 38.9 Å². The molecule has 0 saturated carbocycles. The number of amides is 5. The van der Waals surface area contributed by atoms with Crippen molar-refractivity contribution in [3.05, 3.63) is 153 Å². The van der Waals surface area contributed by atoms with Gasteiger partial charge in [0, 0.05) is 6.07 Å². The van der Waals surface area contributed by atoms with Crippen LogP contribution in [0.25, 0.3) is 0 Å². The number of hydrogen-bond donors (Lipinski definition) is 5. The highest BCUT2D eigenvalue weighted by Gasteiger charge is 2.27. The highest BCUT2D eigenvalue weighted by Crippen LogP contribution is 2.38. The van der Waals surface area contributed by atoms with Crippen LogP contribution in [-0.4, -0.2) is 90.2 Å². The number of nitro benzene ring substituents is 1. The Labute approximate surface area is 399 Å². The van der Waals surface area contributed by atoms with Gasteiger partial charge in [-0.15, -0.1) is 0 Å². The summed E-state index contributed by atoms with van der Waals surface area (Å²) in [5.41, 5.74) is -0.104. The van der Waals surface area contributed by atoms with Crippen molar-refractivity contribution >= 4 is 69.6 Å². The largest absolute Gasteiger partial charge is 0.494 e. The molecular weight excluding hydrogens is 913 g/mol. The molecule has 0 aromatic heterocycles. The summed E-state index contributed by atoms with van der Waals surface area (Å²) in [6.45, 7) is 0. The lowest BCUT2D eigenvalue weighted by Gasteiger charge is -2.18. The van der Waals surface area contributed by atoms with Gasteiger partial charge in [-0.05, 0) is 66.7 Å². The molecule has 0 radical (unpaired) electrons. The maximum Gasteiger partial charge on any atom is 0.341 e. The van der Waals surface area contributed by atoms with Crippen molar-refractivity contribution in [3.63, 3.8) is 0 Å². The van der Waals surface area contributed by atoms with E-state index in [2.05, 4.69) is 26.6 Å². The second kappa shape index (κ2) is 22.2. The minimum atomic E-state index is -0.781. The zero-order valence-corrected chi connectivity index (χ0v) is 38.5. The van der Waals surface area contributed by atoms with Crippen LogP contribution in [0, 0.1) is 10.1 Å². The Kier molecular flexibility index (Phi) is 15.8. The summed E-state index contributed by atoms with van der Waals surface area (Å²) in [5, 5.41) is 25.0. The number of hydrogen-bond acceptors (Lipinski definition) is 15. The molecule has 0 fully saturated rings. The summed E-state index contributed by atoms with van der Waals surface area (Å²) < 4.78 is 37.7. The minimum Gasteiger partial charge on any atom is -0.494 e. The molecule has 21 heteroatoms. The van der Waals surface area contributed by atoms with E-state index in [0.29, 0.717) is 0 Å². The van der Waals surface area contributed by atoms with Gasteiger partial charge in [0.25, 0.3) is 29.5 Å². The van der Waals surface area contributed by atoms with E-state index in [1.165, 1.54) is 159 Å². The van der Waals surface area contributed by atoms with Crippen LogP contribution in [0.2, 0.25) is 0 Å². The number of esters is 1. The van der Waals surface area contributed by atoms with Crippen LogP contribution < -0.4 is 55.0 Å². The molecule has 6 aromatic carbocycles. The smallest absolute Gasteiger partial charge is 0.341 e. The van der Waals surface area contributed by atoms with Crippen LogP contribution in [0.15, 0.2) is 109 Å².